The van der Waals surface area contributed by atoms with E-state index in [4.69, 9.17) is 0 Å². The third-order valence-corrected chi connectivity index (χ3v) is 4.10. The second-order valence-corrected chi connectivity index (χ2v) is 6.29. The Balaban J connectivity index is 2.47. The van der Waals surface area contributed by atoms with E-state index < -0.39 is 11.5 Å². The molecule has 1 atom stereocenters. The smallest absolute Gasteiger partial charge is 0.323 e. The zero-order valence-corrected chi connectivity index (χ0v) is 13.5. The lowest BCUT2D eigenvalue weighted by Gasteiger charge is -2.26. The first kappa shape index (κ1) is 17.7. The lowest BCUT2D eigenvalue weighted by Crippen LogP contribution is -2.49. The lowest BCUT2D eigenvalue weighted by molar-refractivity contribution is -0.144. The van der Waals surface area contributed by atoms with E-state index in [1.807, 2.05) is 6.92 Å². The highest BCUT2D eigenvalue weighted by Gasteiger charge is 2.31. The Morgan fingerprint density at radius 1 is 1.57 bits per heavy atom. The summed E-state index contributed by atoms with van der Waals surface area (Å²) in [6.07, 6.45) is 2.15. The first-order chi connectivity index (χ1) is 9.87. The summed E-state index contributed by atoms with van der Waals surface area (Å²) in [5, 5.41) is 13.0. The maximum Gasteiger partial charge on any atom is 0.323 e. The van der Waals surface area contributed by atoms with Crippen LogP contribution in [0.15, 0.2) is 16.0 Å². The monoisotopic (exact) mass is 313 g/mol. The number of carboxylic acid groups (broad SMARTS) is 1. The van der Waals surface area contributed by atoms with E-state index in [1.165, 1.54) is 17.8 Å². The van der Waals surface area contributed by atoms with Crippen molar-refractivity contribution in [2.45, 2.75) is 50.7 Å². The summed E-state index contributed by atoms with van der Waals surface area (Å²) in [7, 11) is 0. The number of carboxylic acids is 1. The molecule has 0 aromatic carbocycles. The van der Waals surface area contributed by atoms with Crippen LogP contribution in [0.25, 0.3) is 0 Å². The fraction of sp³-hybridized carbons (Fsp3) is 0.643. The normalized spacial score (nSPS) is 13.9. The van der Waals surface area contributed by atoms with Crippen LogP contribution in [0, 0.1) is 6.92 Å². The molecule has 1 aromatic heterocycles. The molecule has 7 heteroatoms. The predicted molar refractivity (Wildman–Crippen MR) is 83.9 cm³/mol. The number of aliphatic carboxylic acids is 1. The molecule has 3 N–H and O–H groups in total. The maximum absolute atomic E-state index is 11.4. The summed E-state index contributed by atoms with van der Waals surface area (Å²) in [5.74, 6) is -0.119. The Bertz CT molecular complexity index is 532. The predicted octanol–water partition coefficient (Wildman–Crippen LogP) is 1.79. The number of aryl methyl sites for hydroxylation is 1. The minimum absolute atomic E-state index is 0.162. The first-order valence-corrected chi connectivity index (χ1v) is 8.05. The van der Waals surface area contributed by atoms with Crippen LogP contribution in [0.5, 0.6) is 0 Å². The van der Waals surface area contributed by atoms with Gasteiger partial charge in [0.1, 0.15) is 5.54 Å². The molecule has 0 amide bonds. The topological polar surface area (TPSA) is 95.1 Å². The largest absolute Gasteiger partial charge is 0.480 e. The third-order valence-electron chi connectivity index (χ3n) is 3.15. The number of carbonyl (C=O) groups is 1. The number of aromatic nitrogens is 2. The number of hydrogen-bond acceptors (Lipinski definition) is 5. The van der Waals surface area contributed by atoms with Gasteiger partial charge in [-0.15, -0.1) is 0 Å². The molecule has 0 bridgehead atoms. The summed E-state index contributed by atoms with van der Waals surface area (Å²) in [4.78, 5) is 29.6. The number of hydrogen-bond donors (Lipinski definition) is 3. The molecule has 0 aliphatic carbocycles. The summed E-state index contributed by atoms with van der Waals surface area (Å²) in [5.41, 5.74) is -0.379. The number of nitrogens with one attached hydrogen (secondary N) is 2. The highest BCUT2D eigenvalue weighted by atomic mass is 32.2. The lowest BCUT2D eigenvalue weighted by atomic mass is 9.96. The van der Waals surface area contributed by atoms with Crippen molar-refractivity contribution in [2.75, 3.05) is 12.3 Å². The van der Waals surface area contributed by atoms with Crippen molar-refractivity contribution in [3.63, 3.8) is 0 Å². The van der Waals surface area contributed by atoms with Crippen molar-refractivity contribution in [1.82, 2.24) is 15.3 Å². The number of rotatable bonds is 9. The Hall–Kier alpha value is -1.34. The van der Waals surface area contributed by atoms with Gasteiger partial charge in [-0.05, 0) is 39.7 Å². The fourth-order valence-corrected chi connectivity index (χ4v) is 2.75. The van der Waals surface area contributed by atoms with Crippen molar-refractivity contribution in [2.24, 2.45) is 0 Å². The van der Waals surface area contributed by atoms with Gasteiger partial charge >= 0.3 is 5.97 Å². The number of H-pyrrole nitrogens is 1. The van der Waals surface area contributed by atoms with Gasteiger partial charge in [0.15, 0.2) is 5.16 Å². The zero-order chi connectivity index (χ0) is 15.9. The SMILES string of the molecule is CCCNC(C)(CCCSc1nc(C)cc(=O)[nH]1)C(=O)O. The molecule has 0 spiro atoms. The maximum atomic E-state index is 11.4. The van der Waals surface area contributed by atoms with Crippen LogP contribution in [0.4, 0.5) is 0 Å². The molecule has 0 aliphatic heterocycles. The molecule has 0 saturated heterocycles. The van der Waals surface area contributed by atoms with Gasteiger partial charge in [-0.3, -0.25) is 9.59 Å². The Labute approximate surface area is 128 Å². The van der Waals surface area contributed by atoms with Crippen molar-refractivity contribution in [3.8, 4) is 0 Å². The van der Waals surface area contributed by atoms with Gasteiger partial charge in [-0.25, -0.2) is 4.98 Å². The molecule has 0 saturated carbocycles. The van der Waals surface area contributed by atoms with Crippen LogP contribution in [0.2, 0.25) is 0 Å². The van der Waals surface area contributed by atoms with Crippen LogP contribution < -0.4 is 10.9 Å². The number of thioether (sulfide) groups is 1. The molecule has 1 rings (SSSR count). The Morgan fingerprint density at radius 2 is 2.29 bits per heavy atom. The molecule has 118 valence electrons. The minimum Gasteiger partial charge on any atom is -0.480 e. The average molecular weight is 313 g/mol. The second-order valence-electron chi connectivity index (χ2n) is 5.21. The quantitative estimate of drug-likeness (QED) is 0.365. The fourth-order valence-electron chi connectivity index (χ4n) is 1.89. The molecule has 0 fully saturated rings. The summed E-state index contributed by atoms with van der Waals surface area (Å²) in [6, 6.07) is 1.44. The highest BCUT2D eigenvalue weighted by molar-refractivity contribution is 7.99. The molecule has 6 nitrogen and oxygen atoms in total. The van der Waals surface area contributed by atoms with Gasteiger partial charge in [0.05, 0.1) is 0 Å². The second kappa shape index (κ2) is 8.19. The molecular formula is C14H23N3O3S. The standard InChI is InChI=1S/C14H23N3O3S/c1-4-7-15-14(3,12(19)20)6-5-8-21-13-16-10(2)9-11(18)17-13/h9,15H,4-8H2,1-3H3,(H,19,20)(H,16,17,18). The van der Waals surface area contributed by atoms with Gasteiger partial charge in [-0.1, -0.05) is 18.7 Å². The van der Waals surface area contributed by atoms with E-state index in [2.05, 4.69) is 15.3 Å². The third kappa shape index (κ3) is 5.89. The van der Waals surface area contributed by atoms with Gasteiger partial charge in [0, 0.05) is 17.5 Å². The van der Waals surface area contributed by atoms with Gasteiger partial charge < -0.3 is 15.4 Å². The van der Waals surface area contributed by atoms with Crippen LogP contribution in [0.3, 0.4) is 0 Å². The van der Waals surface area contributed by atoms with Gasteiger partial charge in [-0.2, -0.15) is 0 Å². The van der Waals surface area contributed by atoms with E-state index in [0.29, 0.717) is 29.6 Å². The van der Waals surface area contributed by atoms with E-state index in [1.54, 1.807) is 13.8 Å². The molecule has 21 heavy (non-hydrogen) atoms. The van der Waals surface area contributed by atoms with Crippen LogP contribution in [-0.2, 0) is 4.79 Å². The van der Waals surface area contributed by atoms with E-state index >= 15 is 0 Å². The highest BCUT2D eigenvalue weighted by Crippen LogP contribution is 2.18. The van der Waals surface area contributed by atoms with E-state index in [0.717, 1.165) is 12.8 Å². The van der Waals surface area contributed by atoms with Gasteiger partial charge in [0.2, 0.25) is 0 Å². The van der Waals surface area contributed by atoms with Crippen molar-refractivity contribution < 1.29 is 9.90 Å². The zero-order valence-electron chi connectivity index (χ0n) is 12.7. The Morgan fingerprint density at radius 3 is 2.86 bits per heavy atom. The molecular weight excluding hydrogens is 290 g/mol. The van der Waals surface area contributed by atoms with E-state index in [-0.39, 0.29) is 5.56 Å². The average Bonchev–Trinajstić information content (AvgIpc) is 2.40. The van der Waals surface area contributed by atoms with Crippen LogP contribution in [0.1, 0.15) is 38.8 Å². The number of nitrogens with zero attached hydrogens (tertiary/aromatic N) is 1. The van der Waals surface area contributed by atoms with Crippen molar-refractivity contribution in [3.05, 3.63) is 22.1 Å². The molecule has 0 radical (unpaired) electrons. The number of aromatic amines is 1. The molecule has 0 aliphatic rings. The molecule has 1 aromatic rings. The van der Waals surface area contributed by atoms with Crippen molar-refractivity contribution in [1.29, 1.82) is 0 Å². The van der Waals surface area contributed by atoms with Crippen molar-refractivity contribution >= 4 is 17.7 Å². The summed E-state index contributed by atoms with van der Waals surface area (Å²) >= 11 is 1.44. The van der Waals surface area contributed by atoms with E-state index in [9.17, 15) is 14.7 Å². The minimum atomic E-state index is -0.899. The first-order valence-electron chi connectivity index (χ1n) is 7.06. The summed E-state index contributed by atoms with van der Waals surface area (Å²) in [6.45, 7) is 6.17. The van der Waals surface area contributed by atoms with Crippen LogP contribution >= 0.6 is 11.8 Å². The Kier molecular flexibility index (Phi) is 6.91. The molecule has 1 unspecified atom stereocenters. The molecule has 1 heterocycles. The van der Waals surface area contributed by atoms with Gasteiger partial charge in [0.25, 0.3) is 5.56 Å². The summed E-state index contributed by atoms with van der Waals surface area (Å²) < 4.78 is 0. The van der Waals surface area contributed by atoms with Crippen LogP contribution in [-0.4, -0.2) is 38.9 Å².